The van der Waals surface area contributed by atoms with E-state index < -0.39 is 5.82 Å². The van der Waals surface area contributed by atoms with Crippen molar-refractivity contribution in [2.75, 3.05) is 30.8 Å². The number of fused-ring (bicyclic) bond motifs is 1. The van der Waals surface area contributed by atoms with Crippen molar-refractivity contribution in [2.45, 2.75) is 0 Å². The van der Waals surface area contributed by atoms with Crippen LogP contribution in [0.1, 0.15) is 0 Å². The van der Waals surface area contributed by atoms with Crippen LogP contribution in [0.4, 0.5) is 21.6 Å². The summed E-state index contributed by atoms with van der Waals surface area (Å²) in [4.78, 5) is 20.3. The van der Waals surface area contributed by atoms with Crippen LogP contribution >= 0.6 is 15.9 Å². The molecule has 7 nitrogen and oxygen atoms in total. The highest BCUT2D eigenvalue weighted by Gasteiger charge is 2.14. The number of rotatable bonds is 8. The Bertz CT molecular complexity index is 1060. The molecule has 0 saturated heterocycles. The van der Waals surface area contributed by atoms with E-state index in [1.807, 2.05) is 7.05 Å². The largest absolute Gasteiger partial charge is 0.490 e. The lowest BCUT2D eigenvalue weighted by Crippen LogP contribution is -2.17. The fourth-order valence-corrected chi connectivity index (χ4v) is 2.90. The molecule has 0 saturated carbocycles. The average Bonchev–Trinajstić information content (AvgIpc) is 2.70. The Balaban J connectivity index is 2.04. The van der Waals surface area contributed by atoms with Crippen molar-refractivity contribution in [3.63, 3.8) is 0 Å². The van der Waals surface area contributed by atoms with Crippen molar-refractivity contribution in [2.24, 2.45) is 0 Å². The van der Waals surface area contributed by atoms with E-state index in [0.717, 1.165) is 0 Å². The molecule has 0 bridgehead atoms. The number of nitrogens with zero attached hydrogens (tertiary/aromatic N) is 2. The zero-order valence-electron chi connectivity index (χ0n) is 15.6. The number of likely N-dealkylation sites (N-methyl/N-ethyl adjacent to an activating group) is 1. The number of carbonyl (C=O) groups excluding carboxylic acids is 1. The second-order valence-corrected chi connectivity index (χ2v) is 6.90. The molecule has 0 aliphatic carbocycles. The molecule has 29 heavy (non-hydrogen) atoms. The maximum Gasteiger partial charge on any atom is 0.247 e. The summed E-state index contributed by atoms with van der Waals surface area (Å²) in [5.74, 6) is 0.0426. The van der Waals surface area contributed by atoms with E-state index >= 15 is 0 Å². The number of aromatic nitrogens is 2. The molecule has 0 aliphatic rings. The van der Waals surface area contributed by atoms with E-state index in [4.69, 9.17) is 4.74 Å². The van der Waals surface area contributed by atoms with Crippen LogP contribution in [0.2, 0.25) is 0 Å². The molecule has 3 aromatic rings. The zero-order chi connectivity index (χ0) is 20.8. The van der Waals surface area contributed by atoms with E-state index in [-0.39, 0.29) is 11.6 Å². The molecule has 1 amide bonds. The van der Waals surface area contributed by atoms with Crippen LogP contribution in [0.25, 0.3) is 10.9 Å². The third-order valence-electron chi connectivity index (χ3n) is 3.97. The Morgan fingerprint density at radius 2 is 2.10 bits per heavy atom. The number of nitrogens with one attached hydrogen (secondary N) is 3. The molecule has 0 spiro atoms. The Morgan fingerprint density at radius 3 is 2.83 bits per heavy atom. The highest BCUT2D eigenvalue weighted by atomic mass is 79.9. The Labute approximate surface area is 175 Å². The first-order valence-corrected chi connectivity index (χ1v) is 9.52. The van der Waals surface area contributed by atoms with Crippen molar-refractivity contribution in [3.8, 4) is 5.75 Å². The minimum atomic E-state index is -0.432. The van der Waals surface area contributed by atoms with Crippen LogP contribution in [0.3, 0.4) is 0 Å². The number of amides is 1. The summed E-state index contributed by atoms with van der Waals surface area (Å²) >= 11 is 3.23. The van der Waals surface area contributed by atoms with Crippen molar-refractivity contribution in [3.05, 3.63) is 59.6 Å². The van der Waals surface area contributed by atoms with E-state index in [1.54, 1.807) is 24.3 Å². The third kappa shape index (κ3) is 5.07. The quantitative estimate of drug-likeness (QED) is 0.348. The van der Waals surface area contributed by atoms with Crippen LogP contribution in [0.5, 0.6) is 5.75 Å². The summed E-state index contributed by atoms with van der Waals surface area (Å²) in [6.45, 7) is 4.50. The Kier molecular flexibility index (Phi) is 6.73. The molecule has 9 heteroatoms. The van der Waals surface area contributed by atoms with Crippen molar-refractivity contribution in [1.82, 2.24) is 15.3 Å². The zero-order valence-corrected chi connectivity index (χ0v) is 17.2. The van der Waals surface area contributed by atoms with Crippen LogP contribution in [-0.4, -0.2) is 36.1 Å². The molecule has 3 N–H and O–H groups in total. The highest BCUT2D eigenvalue weighted by Crippen LogP contribution is 2.34. The molecule has 1 heterocycles. The second kappa shape index (κ2) is 9.44. The number of carbonyl (C=O) groups is 1. The van der Waals surface area contributed by atoms with Gasteiger partial charge >= 0.3 is 0 Å². The van der Waals surface area contributed by atoms with Crippen LogP contribution < -0.4 is 20.7 Å². The Hall–Kier alpha value is -3.04. The third-order valence-corrected chi connectivity index (χ3v) is 4.47. The lowest BCUT2D eigenvalue weighted by molar-refractivity contribution is -0.111. The van der Waals surface area contributed by atoms with Gasteiger partial charge in [0.1, 0.15) is 30.3 Å². The summed E-state index contributed by atoms with van der Waals surface area (Å²) in [6.07, 6.45) is 2.54. The number of hydrogen-bond donors (Lipinski definition) is 3. The van der Waals surface area contributed by atoms with Gasteiger partial charge in [-0.25, -0.2) is 14.4 Å². The molecule has 0 fully saturated rings. The highest BCUT2D eigenvalue weighted by molar-refractivity contribution is 9.10. The molecule has 0 aliphatic heterocycles. The van der Waals surface area contributed by atoms with Crippen molar-refractivity contribution >= 4 is 49.9 Å². The summed E-state index contributed by atoms with van der Waals surface area (Å²) in [6, 6.07) is 8.06. The number of anilines is 3. The van der Waals surface area contributed by atoms with Gasteiger partial charge in [-0.2, -0.15) is 0 Å². The lowest BCUT2D eigenvalue weighted by atomic mass is 10.1. The van der Waals surface area contributed by atoms with Gasteiger partial charge in [-0.1, -0.05) is 22.5 Å². The molecule has 0 atom stereocenters. The van der Waals surface area contributed by atoms with E-state index in [1.165, 1.54) is 18.5 Å². The van der Waals surface area contributed by atoms with Crippen molar-refractivity contribution < 1.29 is 13.9 Å². The van der Waals surface area contributed by atoms with E-state index in [2.05, 4.69) is 48.4 Å². The normalized spacial score (nSPS) is 10.6. The molecular formula is C20H19BrFN5O2. The Morgan fingerprint density at radius 1 is 1.28 bits per heavy atom. The predicted molar refractivity (Wildman–Crippen MR) is 115 cm³/mol. The smallest absolute Gasteiger partial charge is 0.247 e. The van der Waals surface area contributed by atoms with Gasteiger partial charge in [0.05, 0.1) is 16.9 Å². The predicted octanol–water partition coefficient (Wildman–Crippen LogP) is 4.00. The van der Waals surface area contributed by atoms with Gasteiger partial charge in [0, 0.05) is 22.5 Å². The number of ether oxygens (including phenoxy) is 1. The second-order valence-electron chi connectivity index (χ2n) is 5.98. The molecule has 1 aromatic heterocycles. The minimum Gasteiger partial charge on any atom is -0.490 e. The van der Waals surface area contributed by atoms with Crippen LogP contribution in [0.15, 0.2) is 53.8 Å². The number of hydrogen-bond acceptors (Lipinski definition) is 6. The van der Waals surface area contributed by atoms with Gasteiger partial charge in [-0.3, -0.25) is 4.79 Å². The average molecular weight is 460 g/mol. The standard InChI is InChI=1S/C20H19BrFN5O2/c1-3-19(28)26-17-9-13-16(10-18(17)29-7-6-23-2)24-11-25-20(13)27-15-5-4-12(21)8-14(15)22/h3-5,8-11,23H,1,6-7H2,2H3,(H,26,28)(H,24,25,27). The SMILES string of the molecule is C=CC(=O)Nc1cc2c(Nc3ccc(Br)cc3F)ncnc2cc1OCCNC. The maximum absolute atomic E-state index is 14.2. The van der Waals surface area contributed by atoms with Gasteiger partial charge in [-0.05, 0) is 37.4 Å². The fourth-order valence-electron chi connectivity index (χ4n) is 2.57. The molecule has 3 rings (SSSR count). The molecule has 2 aromatic carbocycles. The van der Waals surface area contributed by atoms with Gasteiger partial charge in [0.15, 0.2) is 0 Å². The fraction of sp³-hybridized carbons (Fsp3) is 0.150. The van der Waals surface area contributed by atoms with Crippen LogP contribution in [-0.2, 0) is 4.79 Å². The minimum absolute atomic E-state index is 0.263. The molecule has 0 radical (unpaired) electrons. The number of benzene rings is 2. The van der Waals surface area contributed by atoms with Gasteiger partial charge in [-0.15, -0.1) is 0 Å². The summed E-state index contributed by atoms with van der Waals surface area (Å²) in [7, 11) is 1.82. The maximum atomic E-state index is 14.2. The van der Waals surface area contributed by atoms with Crippen molar-refractivity contribution in [1.29, 1.82) is 0 Å². The van der Waals surface area contributed by atoms with Gasteiger partial charge in [0.2, 0.25) is 5.91 Å². The first-order valence-electron chi connectivity index (χ1n) is 8.73. The molecule has 0 unspecified atom stereocenters. The summed E-state index contributed by atoms with van der Waals surface area (Å²) in [5.41, 5.74) is 1.28. The summed E-state index contributed by atoms with van der Waals surface area (Å²) in [5, 5.41) is 9.28. The van der Waals surface area contributed by atoms with E-state index in [0.29, 0.717) is 45.8 Å². The first-order chi connectivity index (χ1) is 14.0. The van der Waals surface area contributed by atoms with Gasteiger partial charge in [0.25, 0.3) is 0 Å². The lowest BCUT2D eigenvalue weighted by Gasteiger charge is -2.15. The van der Waals surface area contributed by atoms with Gasteiger partial charge < -0.3 is 20.7 Å². The number of halogens is 2. The molecular weight excluding hydrogens is 441 g/mol. The monoisotopic (exact) mass is 459 g/mol. The topological polar surface area (TPSA) is 88.2 Å². The summed E-state index contributed by atoms with van der Waals surface area (Å²) < 4.78 is 20.6. The first kappa shape index (κ1) is 20.7. The van der Waals surface area contributed by atoms with E-state index in [9.17, 15) is 9.18 Å². The molecule has 150 valence electrons. The van der Waals surface area contributed by atoms with Crippen LogP contribution in [0, 0.1) is 5.82 Å².